The van der Waals surface area contributed by atoms with Crippen molar-refractivity contribution in [1.29, 1.82) is 0 Å². The summed E-state index contributed by atoms with van der Waals surface area (Å²) in [5.41, 5.74) is 4.31. The minimum Gasteiger partial charge on any atom is -0.399 e. The lowest BCUT2D eigenvalue weighted by Crippen LogP contribution is -2.47. The topological polar surface area (TPSA) is 18.5 Å². The monoisotopic (exact) mass is 296 g/mol. The molecule has 1 unspecified atom stereocenters. The van der Waals surface area contributed by atoms with Crippen LogP contribution in [0.25, 0.3) is 0 Å². The first-order chi connectivity index (χ1) is 10.7. The second-order valence-corrected chi connectivity index (χ2v) is 8.03. The SMILES string of the molecule is CC1Cc2ccc(B3OC4(CCCC4)C4(CCCC4)O3)cc21. The Balaban J connectivity index is 1.49. The van der Waals surface area contributed by atoms with E-state index in [2.05, 4.69) is 25.1 Å². The van der Waals surface area contributed by atoms with Gasteiger partial charge in [0.15, 0.2) is 0 Å². The molecular weight excluding hydrogens is 271 g/mol. The van der Waals surface area contributed by atoms with Crippen LogP contribution in [0, 0.1) is 0 Å². The molecule has 1 saturated heterocycles. The van der Waals surface area contributed by atoms with E-state index in [4.69, 9.17) is 9.31 Å². The Bertz CT molecular complexity index is 575. The molecule has 22 heavy (non-hydrogen) atoms. The second kappa shape index (κ2) is 4.61. The molecule has 0 amide bonds. The predicted octanol–water partition coefficient (Wildman–Crippen LogP) is 3.71. The van der Waals surface area contributed by atoms with Gasteiger partial charge in [0.05, 0.1) is 11.2 Å². The minimum atomic E-state index is -0.130. The van der Waals surface area contributed by atoms with Crippen LogP contribution in [-0.4, -0.2) is 18.3 Å². The molecule has 1 heterocycles. The highest BCUT2D eigenvalue weighted by atomic mass is 16.7. The lowest BCUT2D eigenvalue weighted by molar-refractivity contribution is -0.0400. The van der Waals surface area contributed by atoms with Crippen molar-refractivity contribution in [2.24, 2.45) is 0 Å². The summed E-state index contributed by atoms with van der Waals surface area (Å²) in [5.74, 6) is 0.706. The third-order valence-electron chi connectivity index (χ3n) is 6.82. The van der Waals surface area contributed by atoms with Gasteiger partial charge >= 0.3 is 7.12 Å². The summed E-state index contributed by atoms with van der Waals surface area (Å²) in [5, 5.41) is 0. The Labute approximate surface area is 133 Å². The first-order valence-electron chi connectivity index (χ1n) is 9.20. The van der Waals surface area contributed by atoms with Gasteiger partial charge in [0.25, 0.3) is 0 Å². The lowest BCUT2D eigenvalue weighted by Gasteiger charge is -2.39. The fraction of sp³-hybridized carbons (Fsp3) is 0.684. The van der Waals surface area contributed by atoms with E-state index in [1.807, 2.05) is 0 Å². The molecule has 2 spiro atoms. The third kappa shape index (κ3) is 1.70. The van der Waals surface area contributed by atoms with Crippen molar-refractivity contribution in [2.75, 3.05) is 0 Å². The van der Waals surface area contributed by atoms with E-state index in [1.165, 1.54) is 74.4 Å². The molecule has 0 radical (unpaired) electrons. The van der Waals surface area contributed by atoms with E-state index < -0.39 is 0 Å². The van der Waals surface area contributed by atoms with Gasteiger partial charge in [0.1, 0.15) is 0 Å². The zero-order chi connectivity index (χ0) is 14.8. The van der Waals surface area contributed by atoms with Gasteiger partial charge in [-0.15, -0.1) is 0 Å². The molecule has 3 fully saturated rings. The van der Waals surface area contributed by atoms with Gasteiger partial charge in [0.2, 0.25) is 0 Å². The summed E-state index contributed by atoms with van der Waals surface area (Å²) < 4.78 is 13.3. The van der Waals surface area contributed by atoms with Crippen LogP contribution in [0.2, 0.25) is 0 Å². The fourth-order valence-electron chi connectivity index (χ4n) is 5.54. The normalized spacial score (nSPS) is 31.0. The van der Waals surface area contributed by atoms with Gasteiger partial charge in [-0.2, -0.15) is 0 Å². The maximum atomic E-state index is 6.67. The Morgan fingerprint density at radius 2 is 1.55 bits per heavy atom. The molecule has 4 aliphatic rings. The molecule has 116 valence electrons. The first-order valence-corrected chi connectivity index (χ1v) is 9.20. The molecule has 1 aromatic carbocycles. The van der Waals surface area contributed by atoms with E-state index in [9.17, 15) is 0 Å². The van der Waals surface area contributed by atoms with Gasteiger partial charge in [-0.1, -0.05) is 50.8 Å². The molecule has 5 rings (SSSR count). The number of fused-ring (bicyclic) bond motifs is 2. The molecule has 0 bridgehead atoms. The summed E-state index contributed by atoms with van der Waals surface area (Å²) in [6.07, 6.45) is 11.2. The number of rotatable bonds is 1. The van der Waals surface area contributed by atoms with Gasteiger partial charge in [-0.25, -0.2) is 0 Å². The summed E-state index contributed by atoms with van der Waals surface area (Å²) in [6, 6.07) is 6.88. The number of hydrogen-bond acceptors (Lipinski definition) is 2. The largest absolute Gasteiger partial charge is 0.494 e. The van der Waals surface area contributed by atoms with Crippen LogP contribution in [0.3, 0.4) is 0 Å². The van der Waals surface area contributed by atoms with Crippen molar-refractivity contribution in [3.8, 4) is 0 Å². The molecule has 1 aliphatic heterocycles. The summed E-state index contributed by atoms with van der Waals surface area (Å²) in [4.78, 5) is 0. The van der Waals surface area contributed by atoms with Crippen LogP contribution >= 0.6 is 0 Å². The molecule has 2 saturated carbocycles. The molecule has 3 heteroatoms. The van der Waals surface area contributed by atoms with E-state index in [1.54, 1.807) is 0 Å². The van der Waals surface area contributed by atoms with Crippen molar-refractivity contribution in [3.05, 3.63) is 29.3 Å². The third-order valence-corrected chi connectivity index (χ3v) is 6.82. The zero-order valence-corrected chi connectivity index (χ0v) is 13.6. The summed E-state index contributed by atoms with van der Waals surface area (Å²) in [7, 11) is -0.130. The summed E-state index contributed by atoms with van der Waals surface area (Å²) >= 11 is 0. The second-order valence-electron chi connectivity index (χ2n) is 8.03. The van der Waals surface area contributed by atoms with Crippen LogP contribution in [0.15, 0.2) is 18.2 Å². The molecule has 1 atom stereocenters. The van der Waals surface area contributed by atoms with Crippen LogP contribution in [0.1, 0.15) is 75.3 Å². The number of hydrogen-bond donors (Lipinski definition) is 0. The number of benzene rings is 1. The average Bonchev–Trinajstić information content (AvgIpc) is 3.23. The maximum Gasteiger partial charge on any atom is 0.494 e. The van der Waals surface area contributed by atoms with Crippen molar-refractivity contribution < 1.29 is 9.31 Å². The van der Waals surface area contributed by atoms with Gasteiger partial charge < -0.3 is 9.31 Å². The van der Waals surface area contributed by atoms with Crippen LogP contribution in [0.4, 0.5) is 0 Å². The molecule has 1 aromatic rings. The summed E-state index contributed by atoms with van der Waals surface area (Å²) in [6.45, 7) is 2.32. The Morgan fingerprint density at radius 1 is 0.955 bits per heavy atom. The standard InChI is InChI=1S/C19H25BO2/c1-14-12-15-6-7-16(13-17(14)15)20-21-18(8-2-3-9-18)19(22-20)10-4-5-11-19/h6-7,13-14H,2-5,8-12H2,1H3. The van der Waals surface area contributed by atoms with Crippen LogP contribution in [-0.2, 0) is 15.7 Å². The van der Waals surface area contributed by atoms with Crippen molar-refractivity contribution in [1.82, 2.24) is 0 Å². The van der Waals surface area contributed by atoms with Gasteiger partial charge in [0, 0.05) is 0 Å². The average molecular weight is 296 g/mol. The van der Waals surface area contributed by atoms with E-state index in [0.717, 1.165) is 0 Å². The van der Waals surface area contributed by atoms with Crippen molar-refractivity contribution in [3.63, 3.8) is 0 Å². The van der Waals surface area contributed by atoms with Gasteiger partial charge in [-0.05, 0) is 54.6 Å². The first kappa shape index (κ1) is 13.6. The maximum absolute atomic E-state index is 6.67. The molecular formula is C19H25BO2. The fourth-order valence-corrected chi connectivity index (χ4v) is 5.54. The molecule has 2 nitrogen and oxygen atoms in total. The molecule has 0 aromatic heterocycles. The highest BCUT2D eigenvalue weighted by molar-refractivity contribution is 6.62. The van der Waals surface area contributed by atoms with Crippen LogP contribution in [0.5, 0.6) is 0 Å². The van der Waals surface area contributed by atoms with E-state index in [0.29, 0.717) is 5.92 Å². The quantitative estimate of drug-likeness (QED) is 0.735. The molecule has 3 aliphatic carbocycles. The Kier molecular flexibility index (Phi) is 2.86. The predicted molar refractivity (Wildman–Crippen MR) is 88.5 cm³/mol. The van der Waals surface area contributed by atoms with Crippen molar-refractivity contribution >= 4 is 12.6 Å². The highest BCUT2D eigenvalue weighted by Crippen LogP contribution is 2.55. The Morgan fingerprint density at radius 3 is 2.09 bits per heavy atom. The van der Waals surface area contributed by atoms with Gasteiger partial charge in [-0.3, -0.25) is 0 Å². The smallest absolute Gasteiger partial charge is 0.399 e. The zero-order valence-electron chi connectivity index (χ0n) is 13.6. The van der Waals surface area contributed by atoms with E-state index >= 15 is 0 Å². The minimum absolute atomic E-state index is 0.0166. The highest BCUT2D eigenvalue weighted by Gasteiger charge is 2.63. The lowest BCUT2D eigenvalue weighted by atomic mass is 9.71. The van der Waals surface area contributed by atoms with Crippen molar-refractivity contribution in [2.45, 2.75) is 81.8 Å². The Hall–Kier alpha value is -0.795. The molecule has 0 N–H and O–H groups in total. The van der Waals surface area contributed by atoms with E-state index in [-0.39, 0.29) is 18.3 Å². The van der Waals surface area contributed by atoms with Crippen LogP contribution < -0.4 is 5.46 Å².